The first-order valence-corrected chi connectivity index (χ1v) is 13.4. The van der Waals surface area contributed by atoms with E-state index in [1.54, 1.807) is 6.20 Å². The van der Waals surface area contributed by atoms with Crippen molar-refractivity contribution >= 4 is 34.7 Å². The predicted octanol–water partition coefficient (Wildman–Crippen LogP) is 5.81. The number of rotatable bonds is 8. The van der Waals surface area contributed by atoms with Gasteiger partial charge in [0.05, 0.1) is 25.5 Å². The van der Waals surface area contributed by atoms with Crippen molar-refractivity contribution in [3.05, 3.63) is 88.5 Å². The molecule has 3 aromatic heterocycles. The van der Waals surface area contributed by atoms with Gasteiger partial charge >= 0.3 is 0 Å². The third-order valence-electron chi connectivity index (χ3n) is 7.70. The fourth-order valence-corrected chi connectivity index (χ4v) is 5.47. The number of fused-ring (bicyclic) bond motifs is 1. The summed E-state index contributed by atoms with van der Waals surface area (Å²) in [5.41, 5.74) is 3.63. The number of pyridine rings is 2. The predicted molar refractivity (Wildman–Crippen MR) is 143 cm³/mol. The van der Waals surface area contributed by atoms with Crippen LogP contribution < -0.4 is 10.6 Å². The maximum Gasteiger partial charge on any atom is 0.229 e. The molecular formula is C29H27ClFN5O2. The van der Waals surface area contributed by atoms with Gasteiger partial charge in [-0.25, -0.2) is 14.4 Å². The van der Waals surface area contributed by atoms with Crippen LogP contribution in [0.25, 0.3) is 5.65 Å². The molecule has 2 unspecified atom stereocenters. The first-order chi connectivity index (χ1) is 18.4. The molecule has 0 spiro atoms. The summed E-state index contributed by atoms with van der Waals surface area (Å²) < 4.78 is 22.5. The number of imidazole rings is 1. The normalized spacial score (nSPS) is 21.6. The number of ether oxygens (including phenoxy) is 1. The van der Waals surface area contributed by atoms with Crippen LogP contribution in [-0.2, 0) is 21.7 Å². The molecule has 194 valence electrons. The van der Waals surface area contributed by atoms with E-state index in [1.165, 1.54) is 0 Å². The molecule has 7 nitrogen and oxygen atoms in total. The van der Waals surface area contributed by atoms with Crippen molar-refractivity contribution < 1.29 is 13.9 Å². The molecule has 1 aromatic carbocycles. The van der Waals surface area contributed by atoms with E-state index in [0.717, 1.165) is 41.8 Å². The van der Waals surface area contributed by atoms with Gasteiger partial charge in [0.15, 0.2) is 5.67 Å². The summed E-state index contributed by atoms with van der Waals surface area (Å²) in [6.07, 6.45) is 8.78. The fourth-order valence-electron chi connectivity index (χ4n) is 5.27. The minimum atomic E-state index is -1.48. The van der Waals surface area contributed by atoms with E-state index >= 15 is 4.39 Å². The highest BCUT2D eigenvalue weighted by molar-refractivity contribution is 6.30. The van der Waals surface area contributed by atoms with Crippen molar-refractivity contribution in [3.63, 3.8) is 0 Å². The number of benzene rings is 1. The molecule has 1 amide bonds. The number of amides is 1. The number of hydrogen-bond donors (Lipinski definition) is 2. The van der Waals surface area contributed by atoms with Gasteiger partial charge in [-0.1, -0.05) is 23.7 Å². The number of alkyl halides is 1. The van der Waals surface area contributed by atoms with E-state index < -0.39 is 5.67 Å². The summed E-state index contributed by atoms with van der Waals surface area (Å²) in [6, 6.07) is 13.3. The molecule has 2 atom stereocenters. The maximum atomic E-state index is 15.4. The summed E-state index contributed by atoms with van der Waals surface area (Å²) >= 11 is 6.10. The van der Waals surface area contributed by atoms with Gasteiger partial charge in [0.1, 0.15) is 11.5 Å². The van der Waals surface area contributed by atoms with Crippen LogP contribution in [0, 0.1) is 5.92 Å². The number of anilines is 2. The van der Waals surface area contributed by atoms with E-state index in [-0.39, 0.29) is 31.0 Å². The SMILES string of the molecule is O=C(Nc1cc(NCc2cn3cc(C4CC4)cc(C4(F)COC4)c3n2)ccn1)C1CC1c1cccc(Cl)c1. The minimum Gasteiger partial charge on any atom is -0.379 e. The molecule has 0 radical (unpaired) electrons. The van der Waals surface area contributed by atoms with Gasteiger partial charge in [0, 0.05) is 46.8 Å². The zero-order valence-corrected chi connectivity index (χ0v) is 21.4. The molecule has 2 aliphatic carbocycles. The second-order valence-corrected chi connectivity index (χ2v) is 11.1. The lowest BCUT2D eigenvalue weighted by atomic mass is 9.93. The average molecular weight is 532 g/mol. The Bertz CT molecular complexity index is 1550. The Hall–Kier alpha value is -3.49. The lowest BCUT2D eigenvalue weighted by Gasteiger charge is -2.34. The summed E-state index contributed by atoms with van der Waals surface area (Å²) in [4.78, 5) is 21.9. The van der Waals surface area contributed by atoms with Gasteiger partial charge in [-0.15, -0.1) is 0 Å². The van der Waals surface area contributed by atoms with Gasteiger partial charge < -0.3 is 19.8 Å². The molecule has 38 heavy (non-hydrogen) atoms. The Kier molecular flexibility index (Phi) is 5.63. The molecular weight excluding hydrogens is 505 g/mol. The van der Waals surface area contributed by atoms with Crippen molar-refractivity contribution in [2.75, 3.05) is 23.8 Å². The molecule has 3 aliphatic rings. The van der Waals surface area contributed by atoms with Crippen molar-refractivity contribution in [1.82, 2.24) is 14.4 Å². The second-order valence-electron chi connectivity index (χ2n) is 10.7. The van der Waals surface area contributed by atoms with E-state index in [2.05, 4.69) is 21.8 Å². The Morgan fingerprint density at radius 1 is 1.16 bits per heavy atom. The van der Waals surface area contributed by atoms with Crippen LogP contribution in [0.3, 0.4) is 0 Å². The van der Waals surface area contributed by atoms with Crippen LogP contribution in [-0.4, -0.2) is 33.5 Å². The Labute approximate surface area is 224 Å². The molecule has 2 saturated carbocycles. The van der Waals surface area contributed by atoms with Crippen LogP contribution >= 0.6 is 11.6 Å². The number of aromatic nitrogens is 3. The van der Waals surface area contributed by atoms with Crippen molar-refractivity contribution in [3.8, 4) is 0 Å². The fraction of sp³-hybridized carbons (Fsp3) is 0.345. The van der Waals surface area contributed by atoms with E-state index in [1.807, 2.05) is 53.1 Å². The number of carbonyl (C=O) groups excluding carboxylic acids is 1. The first-order valence-electron chi connectivity index (χ1n) is 13.0. The zero-order valence-electron chi connectivity index (χ0n) is 20.7. The molecule has 9 heteroatoms. The monoisotopic (exact) mass is 531 g/mol. The van der Waals surface area contributed by atoms with Crippen LogP contribution in [0.4, 0.5) is 15.9 Å². The molecule has 4 heterocycles. The molecule has 1 saturated heterocycles. The summed E-state index contributed by atoms with van der Waals surface area (Å²) in [5.74, 6) is 1.06. The maximum absolute atomic E-state index is 15.4. The molecule has 4 aromatic rings. The lowest BCUT2D eigenvalue weighted by molar-refractivity contribution is -0.134. The van der Waals surface area contributed by atoms with Crippen molar-refractivity contribution in [1.29, 1.82) is 0 Å². The van der Waals surface area contributed by atoms with E-state index in [0.29, 0.717) is 34.5 Å². The van der Waals surface area contributed by atoms with Crippen LogP contribution in [0.1, 0.15) is 53.5 Å². The quantitative estimate of drug-likeness (QED) is 0.300. The zero-order chi connectivity index (χ0) is 25.9. The number of hydrogen-bond acceptors (Lipinski definition) is 5. The highest BCUT2D eigenvalue weighted by Gasteiger charge is 2.44. The Morgan fingerprint density at radius 3 is 2.79 bits per heavy atom. The van der Waals surface area contributed by atoms with Gasteiger partial charge in [0.25, 0.3) is 0 Å². The summed E-state index contributed by atoms with van der Waals surface area (Å²) in [7, 11) is 0. The third kappa shape index (κ3) is 4.52. The third-order valence-corrected chi connectivity index (χ3v) is 7.94. The Morgan fingerprint density at radius 2 is 2.03 bits per heavy atom. The molecule has 2 N–H and O–H groups in total. The van der Waals surface area contributed by atoms with Crippen molar-refractivity contribution in [2.45, 2.75) is 43.3 Å². The topological polar surface area (TPSA) is 80.6 Å². The summed E-state index contributed by atoms with van der Waals surface area (Å²) in [5, 5.41) is 6.98. The van der Waals surface area contributed by atoms with Gasteiger partial charge in [-0.3, -0.25) is 4.79 Å². The molecule has 3 fully saturated rings. The highest BCUT2D eigenvalue weighted by atomic mass is 35.5. The van der Waals surface area contributed by atoms with Gasteiger partial charge in [0.2, 0.25) is 5.91 Å². The number of carbonyl (C=O) groups is 1. The second kappa shape index (κ2) is 9.06. The van der Waals surface area contributed by atoms with E-state index in [9.17, 15) is 4.79 Å². The standard InChI is InChI=1S/C29H27ClFN5O2/c30-20-3-1-2-18(8-20)23-11-24(23)28(37)35-26-10-21(6-7-32-26)33-12-22-14-36-13-19(17-4-5-17)9-25(27(36)34-22)29(31)15-38-16-29/h1-3,6-10,13-14,17,23-24H,4-5,11-12,15-16H2,(H2,32,33,35,37). The summed E-state index contributed by atoms with van der Waals surface area (Å²) in [6.45, 7) is 0.597. The Balaban J connectivity index is 1.03. The van der Waals surface area contributed by atoms with Crippen LogP contribution in [0.5, 0.6) is 0 Å². The smallest absolute Gasteiger partial charge is 0.229 e. The lowest BCUT2D eigenvalue weighted by Crippen LogP contribution is -2.43. The largest absolute Gasteiger partial charge is 0.379 e. The van der Waals surface area contributed by atoms with E-state index in [4.69, 9.17) is 21.3 Å². The number of nitrogens with one attached hydrogen (secondary N) is 2. The number of nitrogens with zero attached hydrogens (tertiary/aromatic N) is 3. The molecule has 7 rings (SSSR count). The highest BCUT2D eigenvalue weighted by Crippen LogP contribution is 2.48. The molecule has 0 bridgehead atoms. The minimum absolute atomic E-state index is 0.0425. The first kappa shape index (κ1) is 23.6. The van der Waals surface area contributed by atoms with Crippen LogP contribution in [0.15, 0.2) is 61.1 Å². The average Bonchev–Trinajstić information content (AvgIpc) is 3.82. The van der Waals surface area contributed by atoms with Crippen molar-refractivity contribution in [2.24, 2.45) is 5.92 Å². The van der Waals surface area contributed by atoms with Gasteiger partial charge in [-0.05, 0) is 66.5 Å². The molecule has 1 aliphatic heterocycles. The number of halogens is 2. The van der Waals surface area contributed by atoms with Crippen LogP contribution in [0.2, 0.25) is 5.02 Å². The van der Waals surface area contributed by atoms with Gasteiger partial charge in [-0.2, -0.15) is 0 Å².